The summed E-state index contributed by atoms with van der Waals surface area (Å²) in [7, 11) is -4.64. The summed E-state index contributed by atoms with van der Waals surface area (Å²) in [5.74, 6) is -0.524. The van der Waals surface area contributed by atoms with Crippen LogP contribution in [-0.4, -0.2) is 57.5 Å². The molecular weight excluding hydrogens is 379 g/mol. The summed E-state index contributed by atoms with van der Waals surface area (Å²) < 4.78 is 20.0. The van der Waals surface area contributed by atoms with Gasteiger partial charge in [-0.2, -0.15) is 0 Å². The Morgan fingerprint density at radius 1 is 1.30 bits per heavy atom. The summed E-state index contributed by atoms with van der Waals surface area (Å²) >= 11 is 0. The summed E-state index contributed by atoms with van der Waals surface area (Å²) in [5, 5.41) is 2.84. The Bertz CT molecular complexity index is 550. The van der Waals surface area contributed by atoms with Crippen LogP contribution in [0.25, 0.3) is 0 Å². The average molecular weight is 410 g/mol. The quantitative estimate of drug-likeness (QED) is 0.294. The van der Waals surface area contributed by atoms with Crippen LogP contribution in [0.2, 0.25) is 0 Å². The number of carbonyl (C=O) groups is 2. The number of ether oxygens (including phenoxy) is 2. The van der Waals surface area contributed by atoms with Gasteiger partial charge in [-0.3, -0.25) is 4.79 Å². The van der Waals surface area contributed by atoms with Gasteiger partial charge >= 0.3 is 13.8 Å². The third-order valence-electron chi connectivity index (χ3n) is 3.80. The predicted octanol–water partition coefficient (Wildman–Crippen LogP) is 0.357. The molecule has 0 saturated carbocycles. The Morgan fingerprint density at radius 3 is 2.22 bits per heavy atom. The molecule has 0 aromatic rings. The first-order valence-corrected chi connectivity index (χ1v) is 10.3. The van der Waals surface area contributed by atoms with Crippen LogP contribution in [0.15, 0.2) is 11.6 Å². The molecule has 1 aliphatic carbocycles. The van der Waals surface area contributed by atoms with Gasteiger partial charge in [0.2, 0.25) is 5.91 Å². The molecule has 0 heterocycles. The summed E-state index contributed by atoms with van der Waals surface area (Å²) in [6, 6.07) is -0.719. The standard InChI is InChI=1S/C16H28N2O4.H3O4P/c1-5-12(6-2)22-14-9-11(16(20)21-7-3)8-13(17)15(14)18-10(4)19;1-5(2,3)4/h9,12-15H,5-8,17H2,1-4H3,(H,18,19);(H3,1,2,3,4)/t13-,14+,15-;/m0./s1. The first kappa shape index (κ1) is 25.7. The molecule has 27 heavy (non-hydrogen) atoms. The molecule has 0 unspecified atom stereocenters. The normalized spacial score (nSPS) is 22.4. The summed E-state index contributed by atoms with van der Waals surface area (Å²) in [6.45, 7) is 7.62. The monoisotopic (exact) mass is 410 g/mol. The molecule has 0 aromatic heterocycles. The van der Waals surface area contributed by atoms with Crippen molar-refractivity contribution in [3.63, 3.8) is 0 Å². The van der Waals surface area contributed by atoms with E-state index in [9.17, 15) is 9.59 Å². The summed E-state index contributed by atoms with van der Waals surface area (Å²) in [4.78, 5) is 44.9. The third-order valence-corrected chi connectivity index (χ3v) is 3.80. The Kier molecular flexibility index (Phi) is 11.6. The number of phosphoric acid groups is 1. The number of rotatable bonds is 7. The van der Waals surface area contributed by atoms with Crippen LogP contribution in [0.1, 0.15) is 47.0 Å². The highest BCUT2D eigenvalue weighted by molar-refractivity contribution is 7.45. The van der Waals surface area contributed by atoms with Crippen LogP contribution in [0.4, 0.5) is 0 Å². The van der Waals surface area contributed by atoms with E-state index >= 15 is 0 Å². The molecule has 0 saturated heterocycles. The van der Waals surface area contributed by atoms with Gasteiger partial charge in [0.25, 0.3) is 0 Å². The van der Waals surface area contributed by atoms with Crippen LogP contribution < -0.4 is 11.1 Å². The van der Waals surface area contributed by atoms with Gasteiger partial charge in [-0.25, -0.2) is 9.36 Å². The highest BCUT2D eigenvalue weighted by atomic mass is 31.2. The van der Waals surface area contributed by atoms with E-state index in [-0.39, 0.29) is 30.1 Å². The smallest absolute Gasteiger partial charge is 0.463 e. The number of nitrogens with two attached hydrogens (primary N) is 1. The number of nitrogens with one attached hydrogen (secondary N) is 1. The highest BCUT2D eigenvalue weighted by Crippen LogP contribution is 2.26. The molecule has 0 radical (unpaired) electrons. The third kappa shape index (κ3) is 11.2. The van der Waals surface area contributed by atoms with E-state index in [1.807, 2.05) is 13.8 Å². The molecule has 0 fully saturated rings. The van der Waals surface area contributed by atoms with Crippen LogP contribution in [0, 0.1) is 0 Å². The minimum atomic E-state index is -4.64. The van der Waals surface area contributed by atoms with Crippen molar-refractivity contribution in [2.45, 2.75) is 71.2 Å². The van der Waals surface area contributed by atoms with E-state index in [0.29, 0.717) is 18.6 Å². The molecule has 0 spiro atoms. The molecule has 0 aromatic carbocycles. The fourth-order valence-electron chi connectivity index (χ4n) is 2.62. The Hall–Kier alpha value is -1.29. The van der Waals surface area contributed by atoms with E-state index in [1.54, 1.807) is 13.0 Å². The van der Waals surface area contributed by atoms with Crippen molar-refractivity contribution < 1.29 is 38.3 Å². The lowest BCUT2D eigenvalue weighted by molar-refractivity contribution is -0.139. The number of carbonyl (C=O) groups excluding carboxylic acids is 2. The zero-order valence-corrected chi connectivity index (χ0v) is 17.0. The lowest BCUT2D eigenvalue weighted by Crippen LogP contribution is -2.57. The fourth-order valence-corrected chi connectivity index (χ4v) is 2.62. The van der Waals surface area contributed by atoms with Gasteiger partial charge in [-0.1, -0.05) is 13.8 Å². The van der Waals surface area contributed by atoms with Gasteiger partial charge in [0, 0.05) is 18.5 Å². The molecule has 10 nitrogen and oxygen atoms in total. The average Bonchev–Trinajstić information content (AvgIpc) is 2.53. The van der Waals surface area contributed by atoms with Crippen LogP contribution in [-0.2, 0) is 23.6 Å². The van der Waals surface area contributed by atoms with Crippen LogP contribution in [0.5, 0.6) is 0 Å². The molecule has 1 amide bonds. The molecule has 158 valence electrons. The van der Waals surface area contributed by atoms with Crippen molar-refractivity contribution in [2.75, 3.05) is 6.61 Å². The fraction of sp³-hybridized carbons (Fsp3) is 0.750. The minimum absolute atomic E-state index is 0.0613. The second-order valence-electron chi connectivity index (χ2n) is 6.06. The van der Waals surface area contributed by atoms with Gasteiger partial charge in [-0.05, 0) is 32.3 Å². The maximum Gasteiger partial charge on any atom is 0.466 e. The topological polar surface area (TPSA) is 168 Å². The lowest BCUT2D eigenvalue weighted by Gasteiger charge is -2.36. The molecule has 1 aliphatic rings. The summed E-state index contributed by atoms with van der Waals surface area (Å²) in [6.07, 6.45) is 3.48. The molecule has 0 bridgehead atoms. The van der Waals surface area contributed by atoms with Crippen LogP contribution >= 0.6 is 7.82 Å². The summed E-state index contributed by atoms with van der Waals surface area (Å²) in [5.41, 5.74) is 6.68. The zero-order valence-electron chi connectivity index (χ0n) is 16.1. The SMILES string of the molecule is CCOC(=O)C1=C[C@@H](OC(CC)CC)[C@@H](NC(C)=O)[C@@H](N)C1.O=P(O)(O)O. The number of hydrogen-bond acceptors (Lipinski definition) is 6. The van der Waals surface area contributed by atoms with E-state index < -0.39 is 13.9 Å². The van der Waals surface area contributed by atoms with E-state index in [1.165, 1.54) is 6.92 Å². The van der Waals surface area contributed by atoms with Crippen molar-refractivity contribution in [3.05, 3.63) is 11.6 Å². The molecule has 3 atom stereocenters. The minimum Gasteiger partial charge on any atom is -0.463 e. The van der Waals surface area contributed by atoms with Gasteiger partial charge in [0.15, 0.2) is 0 Å². The second kappa shape index (κ2) is 12.2. The Morgan fingerprint density at radius 2 is 1.81 bits per heavy atom. The predicted molar refractivity (Wildman–Crippen MR) is 98.4 cm³/mol. The van der Waals surface area contributed by atoms with Crippen molar-refractivity contribution in [3.8, 4) is 0 Å². The molecule has 6 N–H and O–H groups in total. The van der Waals surface area contributed by atoms with Crippen molar-refractivity contribution in [1.82, 2.24) is 5.32 Å². The van der Waals surface area contributed by atoms with Gasteiger partial charge in [-0.15, -0.1) is 0 Å². The largest absolute Gasteiger partial charge is 0.466 e. The van der Waals surface area contributed by atoms with Gasteiger partial charge < -0.3 is 35.2 Å². The molecule has 1 rings (SSSR count). The first-order chi connectivity index (χ1) is 12.4. The highest BCUT2D eigenvalue weighted by Gasteiger charge is 2.35. The molecule has 11 heteroatoms. The van der Waals surface area contributed by atoms with Gasteiger partial charge in [0.05, 0.1) is 24.9 Å². The molecule has 0 aliphatic heterocycles. The maximum atomic E-state index is 12.0. The number of amides is 1. The second-order valence-corrected chi connectivity index (χ2v) is 7.09. The number of hydrogen-bond donors (Lipinski definition) is 5. The van der Waals surface area contributed by atoms with Crippen LogP contribution in [0.3, 0.4) is 0 Å². The van der Waals surface area contributed by atoms with Crippen molar-refractivity contribution in [2.24, 2.45) is 5.73 Å². The van der Waals surface area contributed by atoms with Crippen molar-refractivity contribution >= 4 is 19.7 Å². The maximum absolute atomic E-state index is 12.0. The van der Waals surface area contributed by atoms with E-state index in [2.05, 4.69) is 5.32 Å². The Labute approximate surface area is 159 Å². The lowest BCUT2D eigenvalue weighted by atomic mass is 9.88. The van der Waals surface area contributed by atoms with Crippen molar-refractivity contribution in [1.29, 1.82) is 0 Å². The Balaban J connectivity index is 0.00000119. The number of esters is 1. The first-order valence-electron chi connectivity index (χ1n) is 8.77. The zero-order chi connectivity index (χ0) is 21.2. The van der Waals surface area contributed by atoms with Gasteiger partial charge in [0.1, 0.15) is 0 Å². The van der Waals surface area contributed by atoms with E-state index in [4.69, 9.17) is 34.5 Å². The molecular formula is C16H31N2O8P. The van der Waals surface area contributed by atoms with E-state index in [0.717, 1.165) is 12.8 Å².